The maximum absolute atomic E-state index is 12.1. The molecule has 0 aromatic heterocycles. The zero-order valence-electron chi connectivity index (χ0n) is 12.8. The van der Waals surface area contributed by atoms with Crippen LogP contribution in [0.3, 0.4) is 0 Å². The van der Waals surface area contributed by atoms with Crippen molar-refractivity contribution in [3.63, 3.8) is 0 Å². The summed E-state index contributed by atoms with van der Waals surface area (Å²) in [5, 5.41) is 11.6. The van der Waals surface area contributed by atoms with E-state index in [-0.39, 0.29) is 12.5 Å². The molecule has 1 amide bonds. The summed E-state index contributed by atoms with van der Waals surface area (Å²) in [5.74, 6) is 5.79. The normalized spacial score (nSPS) is 9.95. The van der Waals surface area contributed by atoms with Gasteiger partial charge in [-0.05, 0) is 45.3 Å². The first-order chi connectivity index (χ1) is 10.1. The van der Waals surface area contributed by atoms with E-state index in [1.807, 2.05) is 14.1 Å². The fourth-order valence-corrected chi connectivity index (χ4v) is 1.78. The maximum atomic E-state index is 12.1. The van der Waals surface area contributed by atoms with Crippen molar-refractivity contribution in [3.8, 4) is 17.6 Å². The molecule has 1 aromatic rings. The third-order valence-corrected chi connectivity index (χ3v) is 2.83. The number of hydrogen-bond acceptors (Lipinski definition) is 4. The van der Waals surface area contributed by atoms with Gasteiger partial charge in [-0.15, -0.1) is 0 Å². The van der Waals surface area contributed by atoms with Crippen LogP contribution < -0.4 is 10.1 Å². The molecule has 0 aliphatic carbocycles. The smallest absolute Gasteiger partial charge is 0.251 e. The van der Waals surface area contributed by atoms with E-state index in [1.54, 1.807) is 25.3 Å². The number of methoxy groups -OCH3 is 1. The van der Waals surface area contributed by atoms with E-state index in [2.05, 4.69) is 22.1 Å². The Labute approximate surface area is 125 Å². The minimum absolute atomic E-state index is 0.136. The molecular weight excluding hydrogens is 268 g/mol. The van der Waals surface area contributed by atoms with E-state index >= 15 is 0 Å². The Hall–Kier alpha value is -2.03. The fraction of sp³-hybridized carbons (Fsp3) is 0.438. The second kappa shape index (κ2) is 9.01. The number of benzene rings is 1. The molecule has 2 N–H and O–H groups in total. The van der Waals surface area contributed by atoms with Gasteiger partial charge in [0.05, 0.1) is 12.7 Å². The molecule has 0 unspecified atom stereocenters. The molecule has 114 valence electrons. The van der Waals surface area contributed by atoms with E-state index in [4.69, 9.17) is 9.84 Å². The average molecular weight is 290 g/mol. The van der Waals surface area contributed by atoms with E-state index in [0.29, 0.717) is 23.4 Å². The van der Waals surface area contributed by atoms with Crippen LogP contribution in [-0.2, 0) is 0 Å². The predicted molar refractivity (Wildman–Crippen MR) is 82.5 cm³/mol. The zero-order valence-corrected chi connectivity index (χ0v) is 12.8. The number of amides is 1. The summed E-state index contributed by atoms with van der Waals surface area (Å²) in [6.07, 6.45) is 0.895. The van der Waals surface area contributed by atoms with Gasteiger partial charge >= 0.3 is 0 Å². The molecule has 5 heteroatoms. The second-order valence-corrected chi connectivity index (χ2v) is 4.79. The lowest BCUT2D eigenvalue weighted by atomic mass is 10.1. The lowest BCUT2D eigenvalue weighted by Crippen LogP contribution is -2.27. The van der Waals surface area contributed by atoms with Crippen molar-refractivity contribution >= 4 is 5.91 Å². The van der Waals surface area contributed by atoms with Crippen molar-refractivity contribution < 1.29 is 14.6 Å². The molecule has 0 spiro atoms. The number of nitrogens with one attached hydrogen (secondary N) is 1. The van der Waals surface area contributed by atoms with Gasteiger partial charge in [0.1, 0.15) is 12.4 Å². The number of carbonyl (C=O) groups is 1. The van der Waals surface area contributed by atoms with E-state index < -0.39 is 0 Å². The number of aliphatic hydroxyl groups excluding tert-OH is 1. The molecule has 1 rings (SSSR count). The quantitative estimate of drug-likeness (QED) is 0.599. The first-order valence-corrected chi connectivity index (χ1v) is 6.79. The van der Waals surface area contributed by atoms with Crippen molar-refractivity contribution in [2.75, 3.05) is 40.9 Å². The van der Waals surface area contributed by atoms with Gasteiger partial charge in [0.2, 0.25) is 0 Å². The molecule has 0 saturated carbocycles. The van der Waals surface area contributed by atoms with Crippen LogP contribution in [0, 0.1) is 11.8 Å². The SMILES string of the molecule is COc1ccc(C(=O)NCCCN(C)C)cc1C#CCO. The summed E-state index contributed by atoms with van der Waals surface area (Å²) >= 11 is 0. The molecule has 0 atom stereocenters. The van der Waals surface area contributed by atoms with Gasteiger partial charge in [0.25, 0.3) is 5.91 Å². The third-order valence-electron chi connectivity index (χ3n) is 2.83. The van der Waals surface area contributed by atoms with E-state index in [0.717, 1.165) is 13.0 Å². The predicted octanol–water partition coefficient (Wildman–Crippen LogP) is 0.720. The molecule has 5 nitrogen and oxygen atoms in total. The Morgan fingerprint density at radius 3 is 2.81 bits per heavy atom. The molecule has 1 aromatic carbocycles. The van der Waals surface area contributed by atoms with Crippen LogP contribution in [0.25, 0.3) is 0 Å². The second-order valence-electron chi connectivity index (χ2n) is 4.79. The molecule has 0 bridgehead atoms. The summed E-state index contributed by atoms with van der Waals surface area (Å²) in [5.41, 5.74) is 1.12. The maximum Gasteiger partial charge on any atom is 0.251 e. The molecular formula is C16H22N2O3. The first kappa shape index (κ1) is 17.0. The first-order valence-electron chi connectivity index (χ1n) is 6.79. The number of aliphatic hydroxyl groups is 1. The van der Waals surface area contributed by atoms with Gasteiger partial charge in [0, 0.05) is 12.1 Å². The Balaban J connectivity index is 2.71. The minimum atomic E-state index is -0.232. The molecule has 0 fully saturated rings. The third kappa shape index (κ3) is 5.86. The monoisotopic (exact) mass is 290 g/mol. The Morgan fingerprint density at radius 1 is 1.43 bits per heavy atom. The van der Waals surface area contributed by atoms with Gasteiger partial charge in [0.15, 0.2) is 0 Å². The highest BCUT2D eigenvalue weighted by molar-refractivity contribution is 5.94. The van der Waals surface area contributed by atoms with Gasteiger partial charge in [-0.25, -0.2) is 0 Å². The lowest BCUT2D eigenvalue weighted by Gasteiger charge is -2.10. The summed E-state index contributed by atoms with van der Waals surface area (Å²) in [6.45, 7) is 1.32. The molecule has 0 aliphatic rings. The van der Waals surface area contributed by atoms with Crippen LogP contribution in [0.1, 0.15) is 22.3 Å². The number of carbonyl (C=O) groups excluding carboxylic acids is 1. The molecule has 0 radical (unpaired) electrons. The lowest BCUT2D eigenvalue weighted by molar-refractivity contribution is 0.0952. The zero-order chi connectivity index (χ0) is 15.7. The number of rotatable bonds is 6. The Kier molecular flexibility index (Phi) is 7.30. The van der Waals surface area contributed by atoms with Crippen molar-refractivity contribution in [1.82, 2.24) is 10.2 Å². The van der Waals surface area contributed by atoms with E-state index in [9.17, 15) is 4.79 Å². The standard InChI is InChI=1S/C16H22N2O3/c1-18(2)10-5-9-17-16(20)14-7-8-15(21-3)13(12-14)6-4-11-19/h7-8,12,19H,5,9-11H2,1-3H3,(H,17,20). The van der Waals surface area contributed by atoms with Gasteiger partial charge in [-0.1, -0.05) is 11.8 Å². The summed E-state index contributed by atoms with van der Waals surface area (Å²) in [7, 11) is 5.54. The molecule has 0 heterocycles. The molecule has 0 aliphatic heterocycles. The summed E-state index contributed by atoms with van der Waals surface area (Å²) in [4.78, 5) is 14.1. The number of ether oxygens (including phenoxy) is 1. The van der Waals surface area contributed by atoms with Crippen molar-refractivity contribution in [2.24, 2.45) is 0 Å². The van der Waals surface area contributed by atoms with Crippen LogP contribution in [0.4, 0.5) is 0 Å². The van der Waals surface area contributed by atoms with Crippen LogP contribution in [-0.4, -0.2) is 56.8 Å². The molecule has 0 saturated heterocycles. The summed E-state index contributed by atoms with van der Waals surface area (Å²) in [6, 6.07) is 5.07. The van der Waals surface area contributed by atoms with Crippen molar-refractivity contribution in [2.45, 2.75) is 6.42 Å². The average Bonchev–Trinajstić information content (AvgIpc) is 2.48. The number of hydrogen-bond donors (Lipinski definition) is 2. The van der Waals surface area contributed by atoms with Crippen LogP contribution in [0.5, 0.6) is 5.75 Å². The van der Waals surface area contributed by atoms with Gasteiger partial charge < -0.3 is 20.1 Å². The van der Waals surface area contributed by atoms with Crippen LogP contribution in [0.2, 0.25) is 0 Å². The van der Waals surface area contributed by atoms with Crippen LogP contribution in [0.15, 0.2) is 18.2 Å². The largest absolute Gasteiger partial charge is 0.495 e. The minimum Gasteiger partial charge on any atom is -0.495 e. The Morgan fingerprint density at radius 2 is 2.19 bits per heavy atom. The summed E-state index contributed by atoms with van der Waals surface area (Å²) < 4.78 is 5.18. The van der Waals surface area contributed by atoms with Gasteiger partial charge in [-0.2, -0.15) is 0 Å². The fourth-order valence-electron chi connectivity index (χ4n) is 1.78. The highest BCUT2D eigenvalue weighted by Crippen LogP contribution is 2.18. The van der Waals surface area contributed by atoms with E-state index in [1.165, 1.54) is 0 Å². The number of nitrogens with zero attached hydrogens (tertiary/aromatic N) is 1. The van der Waals surface area contributed by atoms with Gasteiger partial charge in [-0.3, -0.25) is 4.79 Å². The van der Waals surface area contributed by atoms with Crippen molar-refractivity contribution in [3.05, 3.63) is 29.3 Å². The Bertz CT molecular complexity index is 530. The molecule has 21 heavy (non-hydrogen) atoms. The highest BCUT2D eigenvalue weighted by atomic mass is 16.5. The van der Waals surface area contributed by atoms with Crippen LogP contribution >= 0.6 is 0 Å². The topological polar surface area (TPSA) is 61.8 Å². The highest BCUT2D eigenvalue weighted by Gasteiger charge is 2.08. The van der Waals surface area contributed by atoms with Crippen molar-refractivity contribution in [1.29, 1.82) is 0 Å².